The van der Waals surface area contributed by atoms with E-state index in [0.29, 0.717) is 22.6 Å². The Labute approximate surface area is 140 Å². The molecule has 24 heavy (non-hydrogen) atoms. The van der Waals surface area contributed by atoms with Crippen LogP contribution in [0.5, 0.6) is 5.75 Å². The molecule has 0 heterocycles. The first-order valence-electron chi connectivity index (χ1n) is 7.57. The van der Waals surface area contributed by atoms with Gasteiger partial charge in [-0.1, -0.05) is 12.1 Å². The molecule has 0 aliphatic rings. The van der Waals surface area contributed by atoms with Gasteiger partial charge in [-0.15, -0.1) is 0 Å². The second-order valence-corrected chi connectivity index (χ2v) is 5.34. The standard InChI is InChI=1S/C19H19NO4/c1-13(21)14-6-8-16(9-7-14)20-19(23)11-10-18(22)15-4-3-5-17(12-15)24-2/h3-9,12H,10-11H2,1-2H3,(H,20,23). The van der Waals surface area contributed by atoms with Crippen LogP contribution in [0.15, 0.2) is 48.5 Å². The number of rotatable bonds is 7. The molecule has 2 aromatic rings. The number of carbonyl (C=O) groups excluding carboxylic acids is 3. The fraction of sp³-hybridized carbons (Fsp3) is 0.211. The zero-order valence-electron chi connectivity index (χ0n) is 13.7. The van der Waals surface area contributed by atoms with Crippen LogP contribution in [0.4, 0.5) is 5.69 Å². The van der Waals surface area contributed by atoms with E-state index in [1.165, 1.54) is 14.0 Å². The highest BCUT2D eigenvalue weighted by Crippen LogP contribution is 2.15. The van der Waals surface area contributed by atoms with Gasteiger partial charge in [-0.05, 0) is 43.3 Å². The van der Waals surface area contributed by atoms with Crippen molar-refractivity contribution in [3.05, 3.63) is 59.7 Å². The van der Waals surface area contributed by atoms with Crippen molar-refractivity contribution in [2.45, 2.75) is 19.8 Å². The first-order chi connectivity index (χ1) is 11.5. The van der Waals surface area contributed by atoms with E-state index >= 15 is 0 Å². The lowest BCUT2D eigenvalue weighted by molar-refractivity contribution is -0.116. The lowest BCUT2D eigenvalue weighted by atomic mass is 10.1. The Balaban J connectivity index is 1.88. The SMILES string of the molecule is COc1cccc(C(=O)CCC(=O)Nc2ccc(C(C)=O)cc2)c1. The molecule has 0 radical (unpaired) electrons. The van der Waals surface area contributed by atoms with Crippen LogP contribution in [-0.2, 0) is 4.79 Å². The number of carbonyl (C=O) groups is 3. The van der Waals surface area contributed by atoms with Crippen LogP contribution in [0, 0.1) is 0 Å². The Morgan fingerprint density at radius 1 is 0.958 bits per heavy atom. The zero-order chi connectivity index (χ0) is 17.5. The molecule has 0 saturated carbocycles. The van der Waals surface area contributed by atoms with Gasteiger partial charge in [-0.3, -0.25) is 14.4 Å². The van der Waals surface area contributed by atoms with Gasteiger partial charge >= 0.3 is 0 Å². The average Bonchev–Trinajstić information content (AvgIpc) is 2.60. The summed E-state index contributed by atoms with van der Waals surface area (Å²) in [5.41, 5.74) is 1.70. The normalized spacial score (nSPS) is 10.1. The van der Waals surface area contributed by atoms with E-state index < -0.39 is 0 Å². The van der Waals surface area contributed by atoms with Gasteiger partial charge in [0, 0.05) is 29.7 Å². The van der Waals surface area contributed by atoms with Crippen LogP contribution in [0.1, 0.15) is 40.5 Å². The van der Waals surface area contributed by atoms with Crippen molar-refractivity contribution < 1.29 is 19.1 Å². The molecular formula is C19H19NO4. The van der Waals surface area contributed by atoms with Gasteiger partial charge < -0.3 is 10.1 Å². The number of ether oxygens (including phenoxy) is 1. The summed E-state index contributed by atoms with van der Waals surface area (Å²) in [5, 5.41) is 2.71. The molecule has 0 unspecified atom stereocenters. The topological polar surface area (TPSA) is 72.5 Å². The quantitative estimate of drug-likeness (QED) is 0.791. The molecule has 0 fully saturated rings. The summed E-state index contributed by atoms with van der Waals surface area (Å²) < 4.78 is 5.08. The predicted molar refractivity (Wildman–Crippen MR) is 91.6 cm³/mol. The van der Waals surface area contributed by atoms with E-state index in [4.69, 9.17) is 4.74 Å². The molecule has 0 saturated heterocycles. The van der Waals surface area contributed by atoms with E-state index in [-0.39, 0.29) is 30.3 Å². The number of benzene rings is 2. The van der Waals surface area contributed by atoms with E-state index in [9.17, 15) is 14.4 Å². The number of hydrogen-bond acceptors (Lipinski definition) is 4. The number of Topliss-reactive ketones (excluding diaryl/α,β-unsaturated/α-hetero) is 2. The molecule has 124 valence electrons. The first kappa shape index (κ1) is 17.4. The molecule has 5 heteroatoms. The summed E-state index contributed by atoms with van der Waals surface area (Å²) in [6, 6.07) is 13.5. The van der Waals surface area contributed by atoms with Gasteiger partial charge in [0.25, 0.3) is 0 Å². The number of ketones is 2. The second-order valence-electron chi connectivity index (χ2n) is 5.34. The smallest absolute Gasteiger partial charge is 0.224 e. The summed E-state index contributed by atoms with van der Waals surface area (Å²) in [5.74, 6) is 0.213. The van der Waals surface area contributed by atoms with Crippen LogP contribution in [0.2, 0.25) is 0 Å². The van der Waals surface area contributed by atoms with Crippen molar-refractivity contribution in [1.82, 2.24) is 0 Å². The monoisotopic (exact) mass is 325 g/mol. The molecule has 0 aliphatic carbocycles. The minimum atomic E-state index is -0.248. The lowest BCUT2D eigenvalue weighted by Gasteiger charge is -2.06. The Bertz CT molecular complexity index is 750. The Hall–Kier alpha value is -2.95. The van der Waals surface area contributed by atoms with Gasteiger partial charge in [0.05, 0.1) is 7.11 Å². The molecule has 2 aromatic carbocycles. The largest absolute Gasteiger partial charge is 0.497 e. The second kappa shape index (κ2) is 8.06. The number of hydrogen-bond donors (Lipinski definition) is 1. The van der Waals surface area contributed by atoms with E-state index in [1.54, 1.807) is 48.5 Å². The van der Waals surface area contributed by atoms with Gasteiger partial charge in [-0.25, -0.2) is 0 Å². The van der Waals surface area contributed by atoms with Crippen molar-refractivity contribution in [2.75, 3.05) is 12.4 Å². The van der Waals surface area contributed by atoms with Crippen LogP contribution >= 0.6 is 0 Å². The minimum absolute atomic E-state index is 0.0308. The average molecular weight is 325 g/mol. The summed E-state index contributed by atoms with van der Waals surface area (Å²) in [6.45, 7) is 1.48. The molecule has 0 atom stereocenters. The number of anilines is 1. The minimum Gasteiger partial charge on any atom is -0.497 e. The number of amides is 1. The van der Waals surface area contributed by atoms with Crippen molar-refractivity contribution in [3.63, 3.8) is 0 Å². The molecule has 0 bridgehead atoms. The maximum absolute atomic E-state index is 12.1. The Kier molecular flexibility index (Phi) is 5.84. The van der Waals surface area contributed by atoms with E-state index in [1.807, 2.05) is 0 Å². The third-order valence-corrected chi connectivity index (χ3v) is 3.55. The van der Waals surface area contributed by atoms with Gasteiger partial charge in [0.15, 0.2) is 11.6 Å². The summed E-state index contributed by atoms with van der Waals surface area (Å²) >= 11 is 0. The highest BCUT2D eigenvalue weighted by Gasteiger charge is 2.10. The molecule has 1 N–H and O–H groups in total. The first-order valence-corrected chi connectivity index (χ1v) is 7.57. The van der Waals surface area contributed by atoms with Crippen LogP contribution in [-0.4, -0.2) is 24.6 Å². The highest BCUT2D eigenvalue weighted by atomic mass is 16.5. The molecule has 0 aromatic heterocycles. The van der Waals surface area contributed by atoms with Crippen LogP contribution in [0.3, 0.4) is 0 Å². The maximum Gasteiger partial charge on any atom is 0.224 e. The lowest BCUT2D eigenvalue weighted by Crippen LogP contribution is -2.13. The third-order valence-electron chi connectivity index (χ3n) is 3.55. The summed E-state index contributed by atoms with van der Waals surface area (Å²) in [6.07, 6.45) is 0.203. The van der Waals surface area contributed by atoms with E-state index in [2.05, 4.69) is 5.32 Å². The molecular weight excluding hydrogens is 306 g/mol. The van der Waals surface area contributed by atoms with Gasteiger partial charge in [0.2, 0.25) is 5.91 Å². The fourth-order valence-corrected chi connectivity index (χ4v) is 2.18. The zero-order valence-corrected chi connectivity index (χ0v) is 13.7. The Morgan fingerprint density at radius 3 is 2.29 bits per heavy atom. The fourth-order valence-electron chi connectivity index (χ4n) is 2.18. The van der Waals surface area contributed by atoms with Crippen LogP contribution in [0.25, 0.3) is 0 Å². The van der Waals surface area contributed by atoms with Crippen molar-refractivity contribution in [2.24, 2.45) is 0 Å². The van der Waals surface area contributed by atoms with Gasteiger partial charge in [-0.2, -0.15) is 0 Å². The predicted octanol–water partition coefficient (Wildman–Crippen LogP) is 3.50. The van der Waals surface area contributed by atoms with E-state index in [0.717, 1.165) is 0 Å². The van der Waals surface area contributed by atoms with Crippen molar-refractivity contribution >= 4 is 23.2 Å². The molecule has 5 nitrogen and oxygen atoms in total. The Morgan fingerprint density at radius 2 is 1.67 bits per heavy atom. The third kappa shape index (κ3) is 4.78. The maximum atomic E-state index is 12.1. The number of methoxy groups -OCH3 is 1. The van der Waals surface area contributed by atoms with Crippen LogP contribution < -0.4 is 10.1 Å². The molecule has 0 aliphatic heterocycles. The molecule has 2 rings (SSSR count). The summed E-state index contributed by atoms with van der Waals surface area (Å²) in [7, 11) is 1.54. The summed E-state index contributed by atoms with van der Waals surface area (Å²) in [4.78, 5) is 35.3. The number of nitrogens with one attached hydrogen (secondary N) is 1. The van der Waals surface area contributed by atoms with Crippen molar-refractivity contribution in [1.29, 1.82) is 0 Å². The molecule has 1 amide bonds. The van der Waals surface area contributed by atoms with Crippen molar-refractivity contribution in [3.8, 4) is 5.75 Å². The molecule has 0 spiro atoms. The highest BCUT2D eigenvalue weighted by molar-refractivity contribution is 6.00. The van der Waals surface area contributed by atoms with Gasteiger partial charge in [0.1, 0.15) is 5.75 Å².